The molecule has 2 aromatic carbocycles. The fourth-order valence-electron chi connectivity index (χ4n) is 3.00. The monoisotopic (exact) mass is 351 g/mol. The molecule has 0 aliphatic rings. The highest BCUT2D eigenvalue weighted by Gasteiger charge is 2.17. The number of nitrogen functional groups attached to an aromatic ring is 2. The summed E-state index contributed by atoms with van der Waals surface area (Å²) in [5.41, 5.74) is 15.6. The standard InChI is InChI=1S/C19H21N5O2/c20-18(21)11-3-1-10(2-4-11)17-15(8-13(26)9-25)14-6-5-12(19(22)23)7-16(14)24-17/h1-7,13,24-26H,8-9H2,(H3,20,21)(H3,22,23). The van der Waals surface area contributed by atoms with Crippen molar-refractivity contribution in [1.29, 1.82) is 10.8 Å². The Bertz CT molecular complexity index is 976. The van der Waals surface area contributed by atoms with Crippen molar-refractivity contribution in [3.05, 3.63) is 59.2 Å². The molecule has 1 aromatic heterocycles. The molecular formula is C19H21N5O2. The van der Waals surface area contributed by atoms with Gasteiger partial charge in [-0.2, -0.15) is 0 Å². The number of benzene rings is 2. The van der Waals surface area contributed by atoms with Gasteiger partial charge in [-0.05, 0) is 17.2 Å². The minimum absolute atomic E-state index is 0.00442. The average Bonchev–Trinajstić information content (AvgIpc) is 2.99. The van der Waals surface area contributed by atoms with Gasteiger partial charge in [0.2, 0.25) is 0 Å². The van der Waals surface area contributed by atoms with Gasteiger partial charge in [-0.15, -0.1) is 0 Å². The van der Waals surface area contributed by atoms with Gasteiger partial charge in [0.15, 0.2) is 0 Å². The SMILES string of the molecule is N=C(N)c1ccc(-c2[nH]c3cc(C(=N)N)ccc3c2CC(O)CO)cc1. The second-order valence-corrected chi connectivity index (χ2v) is 6.18. The zero-order chi connectivity index (χ0) is 18.8. The first-order valence-electron chi connectivity index (χ1n) is 8.13. The number of aromatic nitrogens is 1. The van der Waals surface area contributed by atoms with Crippen molar-refractivity contribution in [3.8, 4) is 11.3 Å². The first-order chi connectivity index (χ1) is 12.4. The van der Waals surface area contributed by atoms with Crippen molar-refractivity contribution in [2.24, 2.45) is 11.5 Å². The minimum Gasteiger partial charge on any atom is -0.394 e. The van der Waals surface area contributed by atoms with Gasteiger partial charge in [0.1, 0.15) is 11.7 Å². The van der Waals surface area contributed by atoms with E-state index in [9.17, 15) is 10.2 Å². The number of aromatic amines is 1. The number of rotatable bonds is 6. The van der Waals surface area contributed by atoms with E-state index in [2.05, 4.69) is 4.98 Å². The lowest BCUT2D eigenvalue weighted by molar-refractivity contribution is 0.0958. The van der Waals surface area contributed by atoms with Gasteiger partial charge < -0.3 is 26.7 Å². The maximum absolute atomic E-state index is 9.96. The lowest BCUT2D eigenvalue weighted by Gasteiger charge is -2.10. The molecule has 134 valence electrons. The number of amidine groups is 2. The summed E-state index contributed by atoms with van der Waals surface area (Å²) >= 11 is 0. The molecule has 9 N–H and O–H groups in total. The van der Waals surface area contributed by atoms with Crippen molar-refractivity contribution in [1.82, 2.24) is 4.98 Å². The van der Waals surface area contributed by atoms with Crippen LogP contribution in [0.25, 0.3) is 22.2 Å². The molecule has 0 radical (unpaired) electrons. The molecule has 0 fully saturated rings. The summed E-state index contributed by atoms with van der Waals surface area (Å²) in [6.45, 7) is -0.332. The Balaban J connectivity index is 2.16. The number of nitrogens with one attached hydrogen (secondary N) is 3. The van der Waals surface area contributed by atoms with E-state index in [-0.39, 0.29) is 24.7 Å². The summed E-state index contributed by atoms with van der Waals surface area (Å²) in [6, 6.07) is 12.6. The molecule has 7 nitrogen and oxygen atoms in total. The van der Waals surface area contributed by atoms with E-state index < -0.39 is 6.10 Å². The highest BCUT2D eigenvalue weighted by atomic mass is 16.3. The predicted octanol–water partition coefficient (Wildman–Crippen LogP) is 1.30. The van der Waals surface area contributed by atoms with Crippen molar-refractivity contribution in [2.45, 2.75) is 12.5 Å². The number of hydrogen-bond acceptors (Lipinski definition) is 4. The van der Waals surface area contributed by atoms with Crippen LogP contribution in [0.3, 0.4) is 0 Å². The summed E-state index contributed by atoms with van der Waals surface area (Å²) in [5, 5.41) is 35.2. The van der Waals surface area contributed by atoms with Crippen LogP contribution in [0.5, 0.6) is 0 Å². The van der Waals surface area contributed by atoms with E-state index in [1.807, 2.05) is 18.2 Å². The maximum atomic E-state index is 9.96. The molecule has 26 heavy (non-hydrogen) atoms. The van der Waals surface area contributed by atoms with Crippen LogP contribution in [-0.4, -0.2) is 39.6 Å². The van der Waals surface area contributed by atoms with Crippen LogP contribution in [-0.2, 0) is 6.42 Å². The number of aliphatic hydroxyl groups excluding tert-OH is 2. The van der Waals surface area contributed by atoms with E-state index in [0.717, 1.165) is 27.7 Å². The van der Waals surface area contributed by atoms with Gasteiger partial charge in [-0.3, -0.25) is 10.8 Å². The van der Waals surface area contributed by atoms with E-state index in [4.69, 9.17) is 22.3 Å². The Morgan fingerprint density at radius 2 is 1.62 bits per heavy atom. The first-order valence-corrected chi connectivity index (χ1v) is 8.13. The van der Waals surface area contributed by atoms with Gasteiger partial charge in [-0.1, -0.05) is 36.4 Å². The van der Waals surface area contributed by atoms with Crippen molar-refractivity contribution < 1.29 is 10.2 Å². The highest BCUT2D eigenvalue weighted by molar-refractivity contribution is 6.01. The summed E-state index contributed by atoms with van der Waals surface area (Å²) in [4.78, 5) is 3.32. The lowest BCUT2D eigenvalue weighted by Crippen LogP contribution is -2.15. The van der Waals surface area contributed by atoms with Gasteiger partial charge in [0.05, 0.1) is 12.7 Å². The molecule has 0 spiro atoms. The zero-order valence-electron chi connectivity index (χ0n) is 14.1. The smallest absolute Gasteiger partial charge is 0.122 e. The molecule has 0 bridgehead atoms. The Morgan fingerprint density at radius 3 is 2.19 bits per heavy atom. The Labute approximate surface area is 150 Å². The number of hydrogen-bond donors (Lipinski definition) is 7. The minimum atomic E-state index is -0.878. The van der Waals surface area contributed by atoms with E-state index in [1.54, 1.807) is 24.3 Å². The van der Waals surface area contributed by atoms with Crippen LogP contribution in [0, 0.1) is 10.8 Å². The third kappa shape index (κ3) is 3.30. The van der Waals surface area contributed by atoms with Crippen LogP contribution in [0.2, 0.25) is 0 Å². The van der Waals surface area contributed by atoms with Crippen molar-refractivity contribution in [2.75, 3.05) is 6.61 Å². The largest absolute Gasteiger partial charge is 0.394 e. The molecule has 3 rings (SSSR count). The summed E-state index contributed by atoms with van der Waals surface area (Å²) < 4.78 is 0. The van der Waals surface area contributed by atoms with Gasteiger partial charge in [0.25, 0.3) is 0 Å². The molecule has 1 heterocycles. The summed E-state index contributed by atoms with van der Waals surface area (Å²) in [7, 11) is 0. The number of nitrogens with two attached hydrogens (primary N) is 2. The normalized spacial score (nSPS) is 12.2. The van der Waals surface area contributed by atoms with Crippen LogP contribution in [0.15, 0.2) is 42.5 Å². The van der Waals surface area contributed by atoms with Crippen LogP contribution in [0.4, 0.5) is 0 Å². The van der Waals surface area contributed by atoms with Crippen LogP contribution < -0.4 is 11.5 Å². The third-order valence-corrected chi connectivity index (χ3v) is 4.35. The second kappa shape index (κ2) is 6.99. The van der Waals surface area contributed by atoms with E-state index >= 15 is 0 Å². The Morgan fingerprint density at radius 1 is 1.00 bits per heavy atom. The number of H-pyrrole nitrogens is 1. The fourth-order valence-corrected chi connectivity index (χ4v) is 3.00. The molecule has 0 aliphatic carbocycles. The summed E-state index contributed by atoms with van der Waals surface area (Å²) in [6.07, 6.45) is -0.601. The highest BCUT2D eigenvalue weighted by Crippen LogP contribution is 2.32. The Kier molecular flexibility index (Phi) is 4.75. The topological polar surface area (TPSA) is 156 Å². The van der Waals surface area contributed by atoms with Gasteiger partial charge >= 0.3 is 0 Å². The van der Waals surface area contributed by atoms with E-state index in [0.29, 0.717) is 11.1 Å². The molecule has 7 heteroatoms. The summed E-state index contributed by atoms with van der Waals surface area (Å²) in [5.74, 6) is -0.0268. The lowest BCUT2D eigenvalue weighted by atomic mass is 9.99. The van der Waals surface area contributed by atoms with Gasteiger partial charge in [0, 0.05) is 34.1 Å². The Hall–Kier alpha value is -3.16. The molecule has 1 atom stereocenters. The number of aliphatic hydroxyl groups is 2. The molecule has 1 unspecified atom stereocenters. The molecule has 0 saturated carbocycles. The zero-order valence-corrected chi connectivity index (χ0v) is 14.1. The average molecular weight is 351 g/mol. The van der Waals surface area contributed by atoms with Crippen LogP contribution in [0.1, 0.15) is 16.7 Å². The molecule has 3 aromatic rings. The third-order valence-electron chi connectivity index (χ3n) is 4.35. The quantitative estimate of drug-likeness (QED) is 0.264. The number of fused-ring (bicyclic) bond motifs is 1. The first kappa shape index (κ1) is 17.7. The molecule has 0 aliphatic heterocycles. The van der Waals surface area contributed by atoms with E-state index in [1.165, 1.54) is 0 Å². The van der Waals surface area contributed by atoms with Crippen molar-refractivity contribution >= 4 is 22.6 Å². The fraction of sp³-hybridized carbons (Fsp3) is 0.158. The molecular weight excluding hydrogens is 330 g/mol. The second-order valence-electron chi connectivity index (χ2n) is 6.18. The maximum Gasteiger partial charge on any atom is 0.122 e. The molecule has 0 amide bonds. The molecule has 0 saturated heterocycles. The van der Waals surface area contributed by atoms with Crippen molar-refractivity contribution in [3.63, 3.8) is 0 Å². The predicted molar refractivity (Wildman–Crippen MR) is 103 cm³/mol. The van der Waals surface area contributed by atoms with Gasteiger partial charge in [-0.25, -0.2) is 0 Å². The van der Waals surface area contributed by atoms with Crippen LogP contribution >= 0.6 is 0 Å².